The number of rotatable bonds is 7. The molecule has 0 saturated carbocycles. The zero-order valence-electron chi connectivity index (χ0n) is 9.15. The molecule has 0 radical (unpaired) electrons. The van der Waals surface area contributed by atoms with E-state index in [1.54, 1.807) is 13.3 Å². The number of nitrogens with two attached hydrogens (primary N) is 1. The molecule has 0 spiro atoms. The van der Waals surface area contributed by atoms with E-state index >= 15 is 0 Å². The molecule has 15 heavy (non-hydrogen) atoms. The SMILES string of the molecule is CCSOO/C(C(C)=O)=C(\N)C/C=N\C. The second-order valence-corrected chi connectivity index (χ2v) is 3.56. The number of allylic oxidation sites excluding steroid dienone is 2. The highest BCUT2D eigenvalue weighted by Gasteiger charge is 2.12. The average Bonchev–Trinajstić information content (AvgIpc) is 2.20. The van der Waals surface area contributed by atoms with Crippen molar-refractivity contribution < 1.29 is 14.0 Å². The first-order chi connectivity index (χ1) is 7.13. The molecule has 2 N–H and O–H groups in total. The largest absolute Gasteiger partial charge is 0.399 e. The summed E-state index contributed by atoms with van der Waals surface area (Å²) < 4.78 is 4.72. The Hall–Kier alpha value is -1.01. The fourth-order valence-electron chi connectivity index (χ4n) is 0.727. The summed E-state index contributed by atoms with van der Waals surface area (Å²) in [4.78, 5) is 19.7. The van der Waals surface area contributed by atoms with E-state index in [-0.39, 0.29) is 11.5 Å². The molecule has 0 fully saturated rings. The van der Waals surface area contributed by atoms with Gasteiger partial charge in [0.2, 0.25) is 5.76 Å². The van der Waals surface area contributed by atoms with E-state index in [2.05, 4.69) is 4.99 Å². The molecule has 0 bridgehead atoms. The maximum absolute atomic E-state index is 11.1. The van der Waals surface area contributed by atoms with Crippen LogP contribution in [0.25, 0.3) is 0 Å². The number of aliphatic imine (C=N–C) groups is 1. The standard InChI is InChI=1S/C9H16N2O3S/c1-4-15-14-13-9(7(2)12)8(10)5-6-11-3/h6H,4-5,10H2,1-3H3/b9-8-,11-6-. The van der Waals surface area contributed by atoms with Gasteiger partial charge >= 0.3 is 0 Å². The zero-order chi connectivity index (χ0) is 11.7. The van der Waals surface area contributed by atoms with E-state index in [0.717, 1.165) is 17.8 Å². The molecular formula is C9H16N2O3S. The van der Waals surface area contributed by atoms with Crippen LogP contribution >= 0.6 is 12.0 Å². The Labute approximate surface area is 93.9 Å². The molecule has 0 aromatic heterocycles. The van der Waals surface area contributed by atoms with Crippen molar-refractivity contribution in [3.63, 3.8) is 0 Å². The third-order valence-corrected chi connectivity index (χ3v) is 1.79. The highest BCUT2D eigenvalue weighted by Crippen LogP contribution is 2.11. The minimum atomic E-state index is -0.270. The molecule has 0 aliphatic rings. The summed E-state index contributed by atoms with van der Waals surface area (Å²) in [5.74, 6) is 0.492. The Kier molecular flexibility index (Phi) is 7.75. The van der Waals surface area contributed by atoms with Crippen molar-refractivity contribution in [3.8, 4) is 0 Å². The fraction of sp³-hybridized carbons (Fsp3) is 0.556. The van der Waals surface area contributed by atoms with Crippen LogP contribution < -0.4 is 5.73 Å². The molecule has 0 unspecified atom stereocenters. The number of Topliss-reactive ketones (excluding diaryl/α,β-unsaturated/α-hetero) is 1. The fourth-order valence-corrected chi connectivity index (χ4v) is 0.939. The third kappa shape index (κ3) is 6.14. The topological polar surface area (TPSA) is 73.9 Å². The van der Waals surface area contributed by atoms with Gasteiger partial charge in [0, 0.05) is 44.4 Å². The van der Waals surface area contributed by atoms with Gasteiger partial charge in [0.25, 0.3) is 0 Å². The van der Waals surface area contributed by atoms with Crippen molar-refractivity contribution in [1.29, 1.82) is 0 Å². The summed E-state index contributed by atoms with van der Waals surface area (Å²) in [5.41, 5.74) is 5.95. The minimum absolute atomic E-state index is 0.0378. The van der Waals surface area contributed by atoms with Gasteiger partial charge in [0.15, 0.2) is 5.78 Å². The van der Waals surface area contributed by atoms with Crippen molar-refractivity contribution in [1.82, 2.24) is 0 Å². The van der Waals surface area contributed by atoms with Crippen LogP contribution in [-0.2, 0) is 14.0 Å². The Bertz CT molecular complexity index is 264. The van der Waals surface area contributed by atoms with Crippen LogP contribution in [0.5, 0.6) is 0 Å². The zero-order valence-corrected chi connectivity index (χ0v) is 9.97. The second kappa shape index (κ2) is 8.31. The van der Waals surface area contributed by atoms with Crippen molar-refractivity contribution in [2.24, 2.45) is 10.7 Å². The van der Waals surface area contributed by atoms with Gasteiger partial charge in [0.05, 0.1) is 5.70 Å². The molecule has 5 nitrogen and oxygen atoms in total. The highest BCUT2D eigenvalue weighted by molar-refractivity contribution is 7.94. The molecule has 0 aliphatic heterocycles. The number of carbonyl (C=O) groups is 1. The Morgan fingerprint density at radius 2 is 2.27 bits per heavy atom. The maximum Gasteiger partial charge on any atom is 0.228 e. The first-order valence-electron chi connectivity index (χ1n) is 4.49. The molecule has 0 atom stereocenters. The molecule has 0 saturated heterocycles. The Balaban J connectivity index is 4.40. The molecule has 86 valence electrons. The van der Waals surface area contributed by atoms with Crippen LogP contribution in [-0.4, -0.2) is 24.8 Å². The van der Waals surface area contributed by atoms with Gasteiger partial charge in [-0.25, -0.2) is 0 Å². The number of hydrogen-bond acceptors (Lipinski definition) is 6. The van der Waals surface area contributed by atoms with Gasteiger partial charge < -0.3 is 15.6 Å². The van der Waals surface area contributed by atoms with Crippen LogP contribution in [0.3, 0.4) is 0 Å². The van der Waals surface area contributed by atoms with Gasteiger partial charge in [-0.15, -0.1) is 4.33 Å². The minimum Gasteiger partial charge on any atom is -0.399 e. The van der Waals surface area contributed by atoms with Crippen LogP contribution in [0.1, 0.15) is 20.3 Å². The molecule has 0 heterocycles. The highest BCUT2D eigenvalue weighted by atomic mass is 32.2. The lowest BCUT2D eigenvalue weighted by Crippen LogP contribution is -2.11. The van der Waals surface area contributed by atoms with E-state index < -0.39 is 0 Å². The van der Waals surface area contributed by atoms with Crippen molar-refractivity contribution in [3.05, 3.63) is 11.5 Å². The maximum atomic E-state index is 11.1. The van der Waals surface area contributed by atoms with Gasteiger partial charge in [-0.05, 0) is 0 Å². The first-order valence-corrected chi connectivity index (χ1v) is 5.40. The Morgan fingerprint density at radius 1 is 1.60 bits per heavy atom. The van der Waals surface area contributed by atoms with Crippen LogP contribution in [0.4, 0.5) is 0 Å². The van der Waals surface area contributed by atoms with Crippen molar-refractivity contribution in [2.75, 3.05) is 12.8 Å². The summed E-state index contributed by atoms with van der Waals surface area (Å²) >= 11 is 1.10. The van der Waals surface area contributed by atoms with E-state index in [1.165, 1.54) is 6.92 Å². The summed E-state index contributed by atoms with van der Waals surface area (Å²) in [5, 5.41) is 0. The van der Waals surface area contributed by atoms with E-state index in [4.69, 9.17) is 15.0 Å². The quantitative estimate of drug-likeness (QED) is 0.137. The lowest BCUT2D eigenvalue weighted by molar-refractivity contribution is -0.160. The normalized spacial score (nSPS) is 12.7. The summed E-state index contributed by atoms with van der Waals surface area (Å²) in [7, 11) is 1.63. The number of nitrogens with zero attached hydrogens (tertiary/aromatic N) is 1. The van der Waals surface area contributed by atoms with Crippen LogP contribution in [0, 0.1) is 0 Å². The van der Waals surface area contributed by atoms with E-state index in [9.17, 15) is 4.79 Å². The summed E-state index contributed by atoms with van der Waals surface area (Å²) in [6.07, 6.45) is 1.96. The lowest BCUT2D eigenvalue weighted by Gasteiger charge is -2.06. The van der Waals surface area contributed by atoms with Gasteiger partial charge in [-0.1, -0.05) is 6.92 Å². The molecule has 6 heteroatoms. The van der Waals surface area contributed by atoms with Crippen molar-refractivity contribution in [2.45, 2.75) is 20.3 Å². The molecule has 0 aromatic rings. The van der Waals surface area contributed by atoms with Crippen molar-refractivity contribution >= 4 is 24.0 Å². The van der Waals surface area contributed by atoms with E-state index in [1.807, 2.05) is 6.92 Å². The van der Waals surface area contributed by atoms with E-state index in [0.29, 0.717) is 12.1 Å². The van der Waals surface area contributed by atoms with Crippen LogP contribution in [0.15, 0.2) is 16.4 Å². The number of carbonyl (C=O) groups excluding carboxylic acids is 1. The average molecular weight is 232 g/mol. The smallest absolute Gasteiger partial charge is 0.228 e. The summed E-state index contributed by atoms with van der Waals surface area (Å²) in [6, 6.07) is 0. The van der Waals surface area contributed by atoms with Gasteiger partial charge in [-0.2, -0.15) is 0 Å². The Morgan fingerprint density at radius 3 is 2.73 bits per heavy atom. The molecule has 0 rings (SSSR count). The van der Waals surface area contributed by atoms with Gasteiger partial charge in [0.1, 0.15) is 0 Å². The van der Waals surface area contributed by atoms with Crippen LogP contribution in [0.2, 0.25) is 0 Å². The molecular weight excluding hydrogens is 216 g/mol. The van der Waals surface area contributed by atoms with Gasteiger partial charge in [-0.3, -0.25) is 4.79 Å². The lowest BCUT2D eigenvalue weighted by atomic mass is 10.2. The summed E-state index contributed by atoms with van der Waals surface area (Å²) in [6.45, 7) is 3.27. The first kappa shape index (κ1) is 14.0. The predicted molar refractivity (Wildman–Crippen MR) is 61.2 cm³/mol. The predicted octanol–water partition coefficient (Wildman–Crippen LogP) is 1.45. The number of ketones is 1. The monoisotopic (exact) mass is 232 g/mol. The molecule has 0 amide bonds. The molecule has 0 aromatic carbocycles. The molecule has 0 aliphatic carbocycles. The second-order valence-electron chi connectivity index (χ2n) is 2.61. The number of hydrogen-bond donors (Lipinski definition) is 1. The third-order valence-electron chi connectivity index (χ3n) is 1.39.